The lowest BCUT2D eigenvalue weighted by Crippen LogP contribution is -2.30. The maximum Gasteiger partial charge on any atom is 0.306 e. The molecule has 1 atom stereocenters. The predicted octanol–water partition coefficient (Wildman–Crippen LogP) is 21.5. The molecule has 0 aromatic carbocycles. The fourth-order valence-corrected chi connectivity index (χ4v) is 8.21. The molecule has 0 heterocycles. The van der Waals surface area contributed by atoms with Crippen LogP contribution < -0.4 is 0 Å². The monoisotopic (exact) mass is 1060 g/mol. The molecule has 0 aliphatic carbocycles. The summed E-state index contributed by atoms with van der Waals surface area (Å²) in [5.74, 6) is -0.954. The molecule has 0 saturated carbocycles. The van der Waals surface area contributed by atoms with Crippen molar-refractivity contribution in [3.8, 4) is 0 Å². The van der Waals surface area contributed by atoms with Crippen LogP contribution in [0.3, 0.4) is 0 Å². The van der Waals surface area contributed by atoms with Crippen LogP contribution in [0.5, 0.6) is 0 Å². The summed E-state index contributed by atoms with van der Waals surface area (Å²) in [5, 5.41) is 0. The van der Waals surface area contributed by atoms with Crippen LogP contribution in [0.15, 0.2) is 146 Å². The summed E-state index contributed by atoms with van der Waals surface area (Å²) < 4.78 is 16.9. The Hall–Kier alpha value is -4.71. The van der Waals surface area contributed by atoms with Gasteiger partial charge in [-0.1, -0.05) is 269 Å². The molecule has 6 nitrogen and oxygen atoms in total. The largest absolute Gasteiger partial charge is 0.462 e. The predicted molar refractivity (Wildman–Crippen MR) is 334 cm³/mol. The number of carbonyl (C=O) groups is 3. The van der Waals surface area contributed by atoms with Crippen LogP contribution in [0.2, 0.25) is 0 Å². The van der Waals surface area contributed by atoms with Gasteiger partial charge in [-0.3, -0.25) is 14.4 Å². The van der Waals surface area contributed by atoms with Crippen molar-refractivity contribution < 1.29 is 28.6 Å². The molecule has 0 aliphatic heterocycles. The van der Waals surface area contributed by atoms with Gasteiger partial charge in [-0.05, 0) is 122 Å². The zero-order chi connectivity index (χ0) is 55.7. The SMILES string of the molecule is CC/C=C\C/C=C\C/C=C\C/C=C\C/C=C\C/C=C\C/C=C\CCCCCCCC(=O)OCC(COC(=O)CCCCCCCCCCCCCCC)OC(=O)CCCCC/C=C\C/C=C\C/C=C\C/C=C\C/C=C\CC. The summed E-state index contributed by atoms with van der Waals surface area (Å²) >= 11 is 0. The summed E-state index contributed by atoms with van der Waals surface area (Å²) in [6.45, 7) is 6.37. The number of unbranched alkanes of at least 4 members (excludes halogenated alkanes) is 20. The number of ether oxygens (including phenoxy) is 3. The fraction of sp³-hybridized carbons (Fsp3) is 0.620. The quantitative estimate of drug-likeness (QED) is 0.0261. The highest BCUT2D eigenvalue weighted by Gasteiger charge is 2.19. The summed E-state index contributed by atoms with van der Waals surface area (Å²) in [6, 6.07) is 0. The van der Waals surface area contributed by atoms with Crippen molar-refractivity contribution in [2.45, 2.75) is 271 Å². The van der Waals surface area contributed by atoms with E-state index in [1.54, 1.807) is 0 Å². The Labute approximate surface area is 474 Å². The molecule has 0 aliphatic rings. The number of allylic oxidation sites excluding steroid dienone is 24. The molecule has 0 N–H and O–H groups in total. The molecular formula is C71H114O6. The van der Waals surface area contributed by atoms with Crippen LogP contribution in [0.1, 0.15) is 265 Å². The third kappa shape index (κ3) is 62.0. The number of hydrogen-bond donors (Lipinski definition) is 0. The van der Waals surface area contributed by atoms with Gasteiger partial charge >= 0.3 is 17.9 Å². The molecule has 6 heteroatoms. The van der Waals surface area contributed by atoms with Gasteiger partial charge in [0.25, 0.3) is 0 Å². The highest BCUT2D eigenvalue weighted by molar-refractivity contribution is 5.71. The van der Waals surface area contributed by atoms with Gasteiger partial charge in [0.2, 0.25) is 0 Å². The van der Waals surface area contributed by atoms with E-state index < -0.39 is 6.10 Å². The van der Waals surface area contributed by atoms with Gasteiger partial charge in [0.1, 0.15) is 13.2 Å². The van der Waals surface area contributed by atoms with E-state index in [9.17, 15) is 14.4 Å². The first-order chi connectivity index (χ1) is 38.0. The Bertz CT molecular complexity index is 1700. The van der Waals surface area contributed by atoms with Crippen molar-refractivity contribution in [3.05, 3.63) is 146 Å². The summed E-state index contributed by atoms with van der Waals surface area (Å²) in [5.41, 5.74) is 0. The van der Waals surface area contributed by atoms with E-state index in [-0.39, 0.29) is 37.5 Å². The minimum atomic E-state index is -0.809. The average Bonchev–Trinajstić information content (AvgIpc) is 3.43. The highest BCUT2D eigenvalue weighted by Crippen LogP contribution is 2.15. The van der Waals surface area contributed by atoms with E-state index in [4.69, 9.17) is 14.2 Å². The van der Waals surface area contributed by atoms with Crippen molar-refractivity contribution in [2.24, 2.45) is 0 Å². The normalized spacial score (nSPS) is 13.1. The molecule has 0 amide bonds. The molecule has 0 aromatic rings. The van der Waals surface area contributed by atoms with Crippen LogP contribution in [-0.4, -0.2) is 37.2 Å². The van der Waals surface area contributed by atoms with Gasteiger partial charge in [0.15, 0.2) is 6.10 Å². The topological polar surface area (TPSA) is 78.9 Å². The van der Waals surface area contributed by atoms with E-state index in [1.807, 2.05) is 0 Å². The minimum absolute atomic E-state index is 0.101. The van der Waals surface area contributed by atoms with Crippen LogP contribution in [-0.2, 0) is 28.6 Å². The summed E-state index contributed by atoms with van der Waals surface area (Å²) in [7, 11) is 0. The molecule has 0 radical (unpaired) electrons. The van der Waals surface area contributed by atoms with Crippen molar-refractivity contribution >= 4 is 17.9 Å². The molecule has 0 fully saturated rings. The smallest absolute Gasteiger partial charge is 0.306 e. The Balaban J connectivity index is 4.45. The minimum Gasteiger partial charge on any atom is -0.462 e. The molecule has 77 heavy (non-hydrogen) atoms. The van der Waals surface area contributed by atoms with Gasteiger partial charge in [-0.25, -0.2) is 0 Å². The van der Waals surface area contributed by atoms with E-state index >= 15 is 0 Å². The van der Waals surface area contributed by atoms with E-state index in [1.165, 1.54) is 64.2 Å². The van der Waals surface area contributed by atoms with Crippen LogP contribution in [0.4, 0.5) is 0 Å². The maximum absolute atomic E-state index is 12.9. The Morgan fingerprint density at radius 1 is 0.273 bits per heavy atom. The second-order valence-corrected chi connectivity index (χ2v) is 20.2. The van der Waals surface area contributed by atoms with Crippen molar-refractivity contribution in [1.82, 2.24) is 0 Å². The van der Waals surface area contributed by atoms with Gasteiger partial charge in [-0.2, -0.15) is 0 Å². The van der Waals surface area contributed by atoms with E-state index in [2.05, 4.69) is 167 Å². The first kappa shape index (κ1) is 72.3. The highest BCUT2D eigenvalue weighted by atomic mass is 16.6. The fourth-order valence-electron chi connectivity index (χ4n) is 8.21. The van der Waals surface area contributed by atoms with Gasteiger partial charge < -0.3 is 14.2 Å². The third-order valence-corrected chi connectivity index (χ3v) is 12.8. The zero-order valence-electron chi connectivity index (χ0n) is 49.7. The van der Waals surface area contributed by atoms with Gasteiger partial charge in [0, 0.05) is 19.3 Å². The first-order valence-corrected chi connectivity index (χ1v) is 31.3. The molecule has 434 valence electrons. The van der Waals surface area contributed by atoms with Crippen molar-refractivity contribution in [2.75, 3.05) is 13.2 Å². The average molecular weight is 1060 g/mol. The molecule has 0 spiro atoms. The first-order valence-electron chi connectivity index (χ1n) is 31.3. The van der Waals surface area contributed by atoms with E-state index in [0.717, 1.165) is 161 Å². The Morgan fingerprint density at radius 2 is 0.506 bits per heavy atom. The zero-order valence-corrected chi connectivity index (χ0v) is 49.7. The number of esters is 3. The lowest BCUT2D eigenvalue weighted by molar-refractivity contribution is -0.167. The number of rotatable bonds is 55. The van der Waals surface area contributed by atoms with Gasteiger partial charge in [0.05, 0.1) is 0 Å². The molecular weight excluding hydrogens is 949 g/mol. The second-order valence-electron chi connectivity index (χ2n) is 20.2. The van der Waals surface area contributed by atoms with E-state index in [0.29, 0.717) is 12.8 Å². The lowest BCUT2D eigenvalue weighted by Gasteiger charge is -2.18. The third-order valence-electron chi connectivity index (χ3n) is 12.8. The van der Waals surface area contributed by atoms with Crippen molar-refractivity contribution in [1.29, 1.82) is 0 Å². The summed E-state index contributed by atoms with van der Waals surface area (Å²) in [4.78, 5) is 38.3. The molecule has 0 saturated heterocycles. The number of carbonyl (C=O) groups excluding carboxylic acids is 3. The Kier molecular flexibility index (Phi) is 59.9. The van der Waals surface area contributed by atoms with Crippen molar-refractivity contribution in [3.63, 3.8) is 0 Å². The maximum atomic E-state index is 12.9. The molecule has 0 rings (SSSR count). The van der Waals surface area contributed by atoms with Crippen LogP contribution in [0, 0.1) is 0 Å². The molecule has 0 aromatic heterocycles. The Morgan fingerprint density at radius 3 is 0.805 bits per heavy atom. The molecule has 1 unspecified atom stereocenters. The lowest BCUT2D eigenvalue weighted by atomic mass is 10.0. The van der Waals surface area contributed by atoms with Crippen LogP contribution >= 0.6 is 0 Å². The standard InChI is InChI=1S/C71H114O6/c1-4-7-10-13-16-19-22-25-27-29-31-32-33-34-35-36-37-38-40-41-43-46-49-52-55-58-61-64-70(73)76-67-68(66-75-69(72)63-60-57-54-51-48-45-24-21-18-15-12-9-6-3)77-71(74)65-62-59-56-53-50-47-44-42-39-30-28-26-23-20-17-14-11-8-5-2/h7-8,10-11,16-17,19-20,25-28,31-32,34-35,37-39,41-43,47,50,68H,4-6,9,12-15,18,21-24,29-30,33,36,40,44-46,48-49,51-67H2,1-3H3/b10-7-,11-8-,19-16-,20-17-,27-25-,28-26-,32-31-,35-34-,38-37-,42-39-,43-41-,50-47-. The number of hydrogen-bond acceptors (Lipinski definition) is 6. The van der Waals surface area contributed by atoms with Gasteiger partial charge in [-0.15, -0.1) is 0 Å². The summed E-state index contributed by atoms with van der Waals surface area (Å²) in [6.07, 6.45) is 91.3. The van der Waals surface area contributed by atoms with Crippen LogP contribution in [0.25, 0.3) is 0 Å². The second kappa shape index (κ2) is 63.8. The molecule has 0 bridgehead atoms.